The summed E-state index contributed by atoms with van der Waals surface area (Å²) >= 11 is 8.12. The number of benzene rings is 1. The van der Waals surface area contributed by atoms with E-state index in [0.717, 1.165) is 11.1 Å². The van der Waals surface area contributed by atoms with Gasteiger partial charge < -0.3 is 43.3 Å². The van der Waals surface area contributed by atoms with Crippen molar-refractivity contribution in [2.45, 2.75) is 132 Å². The molecule has 5 heterocycles. The summed E-state index contributed by atoms with van der Waals surface area (Å²) in [5.41, 5.74) is -1.04. The van der Waals surface area contributed by atoms with Gasteiger partial charge in [-0.05, 0) is 81.7 Å². The number of carbonyl (C=O) groups is 8. The van der Waals surface area contributed by atoms with Gasteiger partial charge in [-0.3, -0.25) is 34.2 Å². The number of hydroxylamine groups is 2. The first kappa shape index (κ1) is 53.7. The van der Waals surface area contributed by atoms with Crippen molar-refractivity contribution in [3.63, 3.8) is 0 Å². The highest BCUT2D eigenvalue weighted by atomic mass is 35.5. The van der Waals surface area contributed by atoms with Crippen molar-refractivity contribution in [1.82, 2.24) is 15.3 Å². The molecule has 6 aliphatic rings. The molecule has 2 N–H and O–H groups in total. The van der Waals surface area contributed by atoms with Gasteiger partial charge in [0, 0.05) is 58.9 Å². The Morgan fingerprint density at radius 1 is 1.00 bits per heavy atom. The third kappa shape index (κ3) is 12.4. The van der Waals surface area contributed by atoms with Gasteiger partial charge in [-0.25, -0.2) is 14.4 Å². The van der Waals surface area contributed by atoms with Crippen LogP contribution in [0, 0.1) is 17.8 Å². The van der Waals surface area contributed by atoms with Crippen molar-refractivity contribution in [1.29, 1.82) is 0 Å². The fourth-order valence-corrected chi connectivity index (χ4v) is 11.4. The summed E-state index contributed by atoms with van der Waals surface area (Å²) in [6.45, 7) is 5.29. The van der Waals surface area contributed by atoms with E-state index in [2.05, 4.69) is 5.32 Å². The molecule has 8 atom stereocenters. The summed E-state index contributed by atoms with van der Waals surface area (Å²) < 4.78 is 34.9. The van der Waals surface area contributed by atoms with Crippen LogP contribution in [-0.2, 0) is 68.5 Å². The Balaban J connectivity index is 0.935. The molecular formula is C49H63ClN4O16S. The minimum Gasteiger partial charge on any atom is -0.495 e. The van der Waals surface area contributed by atoms with Crippen LogP contribution in [0.5, 0.6) is 5.75 Å². The number of epoxide rings is 1. The molecule has 388 valence electrons. The quantitative estimate of drug-likeness (QED) is 0.114. The molecule has 20 nitrogen and oxygen atoms in total. The number of methoxy groups -OCH3 is 2. The highest BCUT2D eigenvalue weighted by molar-refractivity contribution is 8.00. The predicted molar refractivity (Wildman–Crippen MR) is 254 cm³/mol. The second kappa shape index (κ2) is 22.8. The number of thioether (sulfide) groups is 1. The molecule has 0 radical (unpaired) electrons. The number of hydrogen-bond acceptors (Lipinski definition) is 17. The number of halogens is 1. The number of nitrogens with one attached hydrogen (secondary N) is 1. The maximum absolute atomic E-state index is 14.2. The highest BCUT2D eigenvalue weighted by Gasteiger charge is 2.64. The molecule has 1 aromatic carbocycles. The van der Waals surface area contributed by atoms with E-state index in [9.17, 15) is 43.5 Å². The van der Waals surface area contributed by atoms with Gasteiger partial charge in [0.15, 0.2) is 5.72 Å². The number of amides is 6. The lowest BCUT2D eigenvalue weighted by Gasteiger charge is -2.42. The monoisotopic (exact) mass is 1030 g/mol. The Hall–Kier alpha value is -5.06. The number of alkyl carbamates (subject to hydrolysis) is 1. The molecular weight excluding hydrogens is 968 g/mol. The first-order valence-corrected chi connectivity index (χ1v) is 25.4. The number of fused-ring (bicyclic) bond motifs is 5. The van der Waals surface area contributed by atoms with Gasteiger partial charge in [0.05, 0.1) is 36.5 Å². The minimum atomic E-state index is -1.86. The van der Waals surface area contributed by atoms with Crippen LogP contribution in [-0.4, -0.2) is 150 Å². The fraction of sp³-hybridized carbons (Fsp3) is 0.633. The lowest BCUT2D eigenvalue weighted by Crippen LogP contribution is -2.63. The van der Waals surface area contributed by atoms with E-state index in [0.29, 0.717) is 60.8 Å². The van der Waals surface area contributed by atoms with Gasteiger partial charge in [0.2, 0.25) is 17.7 Å². The molecule has 22 heteroatoms. The molecule has 4 saturated heterocycles. The van der Waals surface area contributed by atoms with Crippen molar-refractivity contribution in [3.05, 3.63) is 46.5 Å². The van der Waals surface area contributed by atoms with Crippen LogP contribution in [0.4, 0.5) is 10.5 Å². The van der Waals surface area contributed by atoms with Crippen LogP contribution >= 0.6 is 23.4 Å². The minimum absolute atomic E-state index is 0.00120. The molecule has 1 aliphatic carbocycles. The Morgan fingerprint density at radius 3 is 2.41 bits per heavy atom. The molecule has 1 aromatic rings. The maximum Gasteiger partial charge on any atom is 0.409 e. The summed E-state index contributed by atoms with van der Waals surface area (Å²) in [6.07, 6.45) is 3.25. The van der Waals surface area contributed by atoms with Crippen LogP contribution in [0.1, 0.15) is 90.5 Å². The van der Waals surface area contributed by atoms with Crippen LogP contribution in [0.2, 0.25) is 5.02 Å². The van der Waals surface area contributed by atoms with Crippen LogP contribution in [0.25, 0.3) is 0 Å². The molecule has 6 amide bonds. The summed E-state index contributed by atoms with van der Waals surface area (Å²) in [4.78, 5) is 111. The Bertz CT molecular complexity index is 2310. The average Bonchev–Trinajstić information content (AvgIpc) is 3.84. The number of aliphatic hydroxyl groups is 1. The molecule has 4 bridgehead atoms. The fourth-order valence-electron chi connectivity index (χ4n) is 9.98. The normalized spacial score (nSPS) is 32.7. The number of allylic oxidation sites excluding steroid dienone is 3. The van der Waals surface area contributed by atoms with Gasteiger partial charge in [-0.15, -0.1) is 16.8 Å². The number of likely N-dealkylation sites (tertiary alicyclic amines) is 1. The van der Waals surface area contributed by atoms with Crippen molar-refractivity contribution in [3.8, 4) is 5.75 Å². The second-order valence-corrected chi connectivity index (χ2v) is 21.0. The number of esters is 1. The molecule has 7 rings (SSSR count). The average molecular weight is 1030 g/mol. The van der Waals surface area contributed by atoms with Crippen molar-refractivity contribution in [2.75, 3.05) is 51.7 Å². The van der Waals surface area contributed by atoms with Crippen molar-refractivity contribution < 1.29 is 76.7 Å². The first-order valence-electron chi connectivity index (χ1n) is 23.9. The number of hydrogen-bond donors (Lipinski definition) is 2. The Morgan fingerprint density at radius 2 is 1.72 bits per heavy atom. The van der Waals surface area contributed by atoms with E-state index in [1.54, 1.807) is 45.2 Å². The standard InChI is InChI=1S/C49H63ClN4O16S/c1-27-9-7-10-36(65-6)49(63)24-34(67-47(62)51-49)28(2)44-48(3,69-44)37(23-40(57)52(4)32-20-30(19-27)21-33(64-5)43(32)50)68-42(59)26-66-17-8-18-71-35-22-41(58)53(45(35)60)25-29-11-13-31(14-12-29)46(61)70-54-38(55)15-16-39(54)56/h7,9-10,20-21,28-29,31,34-37,44,63H,8,11-19,22-26H2,1-6H3,(H,51,62)/b10-7+,27-9+/t28-,29?,31?,34+,35?,36-,37+,44+,48+,49+/m1/s1. The SMILES string of the molecule is COc1cc2cc(c1Cl)N(C)C(=O)C[C@H](OC(=O)COCCCSC1CC(=O)N(CC3CCC(C(=O)ON4C(=O)CCC4=O)CC3)C1=O)[C@]1(C)O[C@H]1[C@H](C)[C@@H]1C[C@@](O)(NC(=O)O1)[C@H](OC)/C=C/C=C(\C)C2. The topological polar surface area (TPSA) is 246 Å². The Labute approximate surface area is 421 Å². The number of carbonyl (C=O) groups excluding carboxylic acids is 8. The van der Waals surface area contributed by atoms with Crippen LogP contribution in [0.3, 0.4) is 0 Å². The molecule has 5 aliphatic heterocycles. The smallest absolute Gasteiger partial charge is 0.409 e. The van der Waals surface area contributed by atoms with Gasteiger partial charge in [-0.1, -0.05) is 42.3 Å². The Kier molecular flexibility index (Phi) is 17.2. The lowest BCUT2D eigenvalue weighted by molar-refractivity contribution is -0.201. The van der Waals surface area contributed by atoms with E-state index in [-0.39, 0.29) is 68.0 Å². The van der Waals surface area contributed by atoms with E-state index in [4.69, 9.17) is 44.9 Å². The van der Waals surface area contributed by atoms with Gasteiger partial charge in [0.1, 0.15) is 41.3 Å². The molecule has 0 spiro atoms. The summed E-state index contributed by atoms with van der Waals surface area (Å²) in [5.74, 6) is -3.70. The van der Waals surface area contributed by atoms with Crippen LogP contribution < -0.4 is 15.0 Å². The summed E-state index contributed by atoms with van der Waals surface area (Å²) in [5, 5.41) is 14.5. The van der Waals surface area contributed by atoms with E-state index < -0.39 is 95.2 Å². The maximum atomic E-state index is 14.2. The predicted octanol–water partition coefficient (Wildman–Crippen LogP) is 4.35. The zero-order valence-corrected chi connectivity index (χ0v) is 42.4. The largest absolute Gasteiger partial charge is 0.495 e. The molecule has 1 unspecified atom stereocenters. The third-order valence-electron chi connectivity index (χ3n) is 14.2. The van der Waals surface area contributed by atoms with Crippen molar-refractivity contribution in [2.24, 2.45) is 17.8 Å². The summed E-state index contributed by atoms with van der Waals surface area (Å²) in [6, 6.07) is 3.55. The van der Waals surface area contributed by atoms with E-state index >= 15 is 0 Å². The number of anilines is 1. The second-order valence-electron chi connectivity index (χ2n) is 19.3. The highest BCUT2D eigenvalue weighted by Crippen LogP contribution is 2.49. The van der Waals surface area contributed by atoms with E-state index in [1.165, 1.54) is 35.8 Å². The number of nitrogens with zero attached hydrogens (tertiary/aromatic N) is 3. The van der Waals surface area contributed by atoms with Gasteiger partial charge in [-0.2, -0.15) is 0 Å². The molecule has 71 heavy (non-hydrogen) atoms. The molecule has 1 saturated carbocycles. The first-order chi connectivity index (χ1) is 33.7. The van der Waals surface area contributed by atoms with Gasteiger partial charge >= 0.3 is 18.0 Å². The van der Waals surface area contributed by atoms with Crippen LogP contribution in [0.15, 0.2) is 35.9 Å². The number of rotatable bonds is 14. The number of imide groups is 2. The zero-order chi connectivity index (χ0) is 51.4. The van der Waals surface area contributed by atoms with E-state index in [1.807, 2.05) is 13.0 Å². The third-order valence-corrected chi connectivity index (χ3v) is 15.9. The van der Waals surface area contributed by atoms with Gasteiger partial charge in [0.25, 0.3) is 11.8 Å². The summed E-state index contributed by atoms with van der Waals surface area (Å²) in [7, 11) is 4.45. The molecule has 0 aromatic heterocycles. The zero-order valence-electron chi connectivity index (χ0n) is 40.8. The van der Waals surface area contributed by atoms with Crippen molar-refractivity contribution >= 4 is 76.6 Å². The molecule has 5 fully saturated rings. The lowest BCUT2D eigenvalue weighted by atomic mass is 9.82. The number of ether oxygens (including phenoxy) is 6.